The highest BCUT2D eigenvalue weighted by molar-refractivity contribution is 6.01. The van der Waals surface area contributed by atoms with E-state index < -0.39 is 11.5 Å². The van der Waals surface area contributed by atoms with E-state index in [1.165, 1.54) is 11.1 Å². The number of nitrogens with one attached hydrogen (secondary N) is 1. The third kappa shape index (κ3) is 1.38. The van der Waals surface area contributed by atoms with E-state index in [1.54, 1.807) is 6.92 Å². The SMILES string of the molecule is CCOC(=O)C1NC(=O)C12Cc1ccccc1C2. The smallest absolute Gasteiger partial charge is 0.329 e. The minimum absolute atomic E-state index is 0.0308. The van der Waals surface area contributed by atoms with Crippen molar-refractivity contribution in [3.8, 4) is 0 Å². The Morgan fingerprint density at radius 2 is 2.00 bits per heavy atom. The van der Waals surface area contributed by atoms with Gasteiger partial charge in [0.05, 0.1) is 12.0 Å². The molecule has 3 rings (SSSR count). The summed E-state index contributed by atoms with van der Waals surface area (Å²) in [7, 11) is 0. The van der Waals surface area contributed by atoms with E-state index in [0.717, 1.165) is 0 Å². The van der Waals surface area contributed by atoms with Crippen molar-refractivity contribution in [1.82, 2.24) is 5.32 Å². The van der Waals surface area contributed by atoms with Gasteiger partial charge in [0.2, 0.25) is 5.91 Å². The van der Waals surface area contributed by atoms with Crippen LogP contribution < -0.4 is 5.32 Å². The first kappa shape index (κ1) is 11.3. The fourth-order valence-electron chi connectivity index (χ4n) is 2.99. The number of carbonyl (C=O) groups excluding carboxylic acids is 2. The monoisotopic (exact) mass is 245 g/mol. The average molecular weight is 245 g/mol. The van der Waals surface area contributed by atoms with Crippen molar-refractivity contribution in [2.24, 2.45) is 5.41 Å². The Kier molecular flexibility index (Phi) is 2.40. The number of fused-ring (bicyclic) bond motifs is 1. The molecule has 0 bridgehead atoms. The summed E-state index contributed by atoms with van der Waals surface area (Å²) in [6.45, 7) is 2.11. The van der Waals surface area contributed by atoms with Crippen LogP contribution in [0.5, 0.6) is 0 Å². The molecule has 18 heavy (non-hydrogen) atoms. The molecule has 0 saturated carbocycles. The third-order valence-corrected chi connectivity index (χ3v) is 3.93. The van der Waals surface area contributed by atoms with Crippen LogP contribution in [0.3, 0.4) is 0 Å². The minimum atomic E-state index is -0.601. The average Bonchev–Trinajstić information content (AvgIpc) is 2.78. The molecule has 1 fully saturated rings. The molecule has 4 nitrogen and oxygen atoms in total. The zero-order valence-corrected chi connectivity index (χ0v) is 10.2. The molecule has 94 valence electrons. The first-order valence-electron chi connectivity index (χ1n) is 6.22. The summed E-state index contributed by atoms with van der Waals surface area (Å²) in [5, 5.41) is 2.68. The summed E-state index contributed by atoms with van der Waals surface area (Å²) >= 11 is 0. The van der Waals surface area contributed by atoms with E-state index in [1.807, 2.05) is 24.3 Å². The molecule has 1 aromatic rings. The van der Waals surface area contributed by atoms with Crippen LogP contribution in [0.2, 0.25) is 0 Å². The maximum absolute atomic E-state index is 11.9. The largest absolute Gasteiger partial charge is 0.464 e. The maximum Gasteiger partial charge on any atom is 0.329 e. The summed E-state index contributed by atoms with van der Waals surface area (Å²) < 4.78 is 5.03. The zero-order valence-electron chi connectivity index (χ0n) is 10.2. The highest BCUT2D eigenvalue weighted by Crippen LogP contribution is 2.45. The van der Waals surface area contributed by atoms with Crippen molar-refractivity contribution in [3.63, 3.8) is 0 Å². The molecule has 1 unspecified atom stereocenters. The lowest BCUT2D eigenvalue weighted by atomic mass is 9.70. The van der Waals surface area contributed by atoms with Crippen molar-refractivity contribution in [2.75, 3.05) is 6.61 Å². The predicted octanol–water partition coefficient (Wildman–Crippen LogP) is 0.833. The van der Waals surface area contributed by atoms with Gasteiger partial charge in [0.1, 0.15) is 6.04 Å². The Balaban J connectivity index is 1.88. The third-order valence-electron chi connectivity index (χ3n) is 3.93. The van der Waals surface area contributed by atoms with E-state index in [-0.39, 0.29) is 11.9 Å². The molecule has 1 spiro atoms. The number of hydrogen-bond acceptors (Lipinski definition) is 3. The van der Waals surface area contributed by atoms with Crippen molar-refractivity contribution >= 4 is 11.9 Å². The number of benzene rings is 1. The molecule has 1 N–H and O–H groups in total. The Hall–Kier alpha value is -1.84. The standard InChI is InChI=1S/C14H15NO3/c1-2-18-12(16)11-14(13(17)15-11)7-9-5-3-4-6-10(9)8-14/h3-6,11H,2,7-8H2,1H3,(H,15,17). The maximum atomic E-state index is 11.9. The number of rotatable bonds is 2. The molecule has 2 aliphatic rings. The molecule has 0 aromatic heterocycles. The van der Waals surface area contributed by atoms with Gasteiger partial charge in [0, 0.05) is 0 Å². The predicted molar refractivity (Wildman–Crippen MR) is 64.8 cm³/mol. The van der Waals surface area contributed by atoms with Gasteiger partial charge in [-0.2, -0.15) is 0 Å². The lowest BCUT2D eigenvalue weighted by Crippen LogP contribution is -2.71. The van der Waals surface area contributed by atoms with Crippen LogP contribution in [-0.4, -0.2) is 24.5 Å². The van der Waals surface area contributed by atoms with Crippen LogP contribution in [0.4, 0.5) is 0 Å². The molecule has 4 heteroatoms. The second kappa shape index (κ2) is 3.83. The van der Waals surface area contributed by atoms with Crippen LogP contribution >= 0.6 is 0 Å². The second-order valence-electron chi connectivity index (χ2n) is 4.94. The molecule has 1 aliphatic carbocycles. The molecule has 1 atom stereocenters. The Bertz CT molecular complexity index is 499. The van der Waals surface area contributed by atoms with Gasteiger partial charge in [-0.05, 0) is 30.9 Å². The molecular formula is C14H15NO3. The number of carbonyl (C=O) groups is 2. The molecule has 1 heterocycles. The Labute approximate surface area is 105 Å². The van der Waals surface area contributed by atoms with E-state index in [9.17, 15) is 9.59 Å². The molecule has 1 aromatic carbocycles. The van der Waals surface area contributed by atoms with E-state index in [2.05, 4.69) is 5.32 Å². The lowest BCUT2D eigenvalue weighted by molar-refractivity contribution is -0.165. The zero-order chi connectivity index (χ0) is 12.8. The van der Waals surface area contributed by atoms with Gasteiger partial charge in [-0.3, -0.25) is 4.79 Å². The van der Waals surface area contributed by atoms with Crippen LogP contribution in [0.1, 0.15) is 18.1 Å². The summed E-state index contributed by atoms with van der Waals surface area (Å²) in [6.07, 6.45) is 1.27. The van der Waals surface area contributed by atoms with Gasteiger partial charge in [0.15, 0.2) is 0 Å². The van der Waals surface area contributed by atoms with Crippen molar-refractivity contribution in [1.29, 1.82) is 0 Å². The second-order valence-corrected chi connectivity index (χ2v) is 4.94. The fourth-order valence-corrected chi connectivity index (χ4v) is 2.99. The first-order valence-corrected chi connectivity index (χ1v) is 6.22. The highest BCUT2D eigenvalue weighted by Gasteiger charge is 2.61. The van der Waals surface area contributed by atoms with Crippen molar-refractivity contribution in [2.45, 2.75) is 25.8 Å². The lowest BCUT2D eigenvalue weighted by Gasteiger charge is -2.44. The summed E-state index contributed by atoms with van der Waals surface area (Å²) in [5.74, 6) is -0.346. The Morgan fingerprint density at radius 1 is 1.39 bits per heavy atom. The number of esters is 1. The van der Waals surface area contributed by atoms with Crippen LogP contribution in [0.15, 0.2) is 24.3 Å². The summed E-state index contributed by atoms with van der Waals surface area (Å²) in [5.41, 5.74) is 1.74. The van der Waals surface area contributed by atoms with Gasteiger partial charge in [0.25, 0.3) is 0 Å². The van der Waals surface area contributed by atoms with Crippen molar-refractivity contribution < 1.29 is 14.3 Å². The van der Waals surface area contributed by atoms with Gasteiger partial charge in [-0.1, -0.05) is 24.3 Å². The van der Waals surface area contributed by atoms with Gasteiger partial charge >= 0.3 is 5.97 Å². The highest BCUT2D eigenvalue weighted by atomic mass is 16.5. The number of ether oxygens (including phenoxy) is 1. The van der Waals surface area contributed by atoms with Gasteiger partial charge in [-0.25, -0.2) is 4.79 Å². The van der Waals surface area contributed by atoms with Crippen LogP contribution in [-0.2, 0) is 27.2 Å². The summed E-state index contributed by atoms with van der Waals surface area (Å²) in [4.78, 5) is 23.8. The number of amides is 1. The fraction of sp³-hybridized carbons (Fsp3) is 0.429. The van der Waals surface area contributed by atoms with Gasteiger partial charge < -0.3 is 10.1 Å². The normalized spacial score (nSPS) is 23.2. The topological polar surface area (TPSA) is 55.4 Å². The molecular weight excluding hydrogens is 230 g/mol. The van der Waals surface area contributed by atoms with Crippen molar-refractivity contribution in [3.05, 3.63) is 35.4 Å². The Morgan fingerprint density at radius 3 is 2.50 bits per heavy atom. The molecule has 1 amide bonds. The van der Waals surface area contributed by atoms with E-state index >= 15 is 0 Å². The quantitative estimate of drug-likeness (QED) is 0.620. The summed E-state index contributed by atoms with van der Waals surface area (Å²) in [6, 6.07) is 7.49. The molecule has 1 aliphatic heterocycles. The number of β-lactam (4-membered cyclic amide) rings is 1. The van der Waals surface area contributed by atoms with Crippen LogP contribution in [0, 0.1) is 5.41 Å². The molecule has 1 saturated heterocycles. The number of hydrogen-bond donors (Lipinski definition) is 1. The van der Waals surface area contributed by atoms with E-state index in [4.69, 9.17) is 4.74 Å². The van der Waals surface area contributed by atoms with Crippen LogP contribution in [0.25, 0.3) is 0 Å². The first-order chi connectivity index (χ1) is 8.67. The molecule has 0 radical (unpaired) electrons. The van der Waals surface area contributed by atoms with E-state index in [0.29, 0.717) is 19.4 Å². The minimum Gasteiger partial charge on any atom is -0.464 e. The van der Waals surface area contributed by atoms with Gasteiger partial charge in [-0.15, -0.1) is 0 Å².